The van der Waals surface area contributed by atoms with Gasteiger partial charge in [0.1, 0.15) is 0 Å². The molecule has 0 saturated carbocycles. The van der Waals surface area contributed by atoms with Gasteiger partial charge in [-0.25, -0.2) is 18.6 Å². The summed E-state index contributed by atoms with van der Waals surface area (Å²) in [6.07, 6.45) is 6.49. The van der Waals surface area contributed by atoms with E-state index >= 15 is 0 Å². The smallest absolute Gasteiger partial charge is 1.00 e. The first-order chi connectivity index (χ1) is 4.66. The van der Waals surface area contributed by atoms with Gasteiger partial charge in [0.2, 0.25) is 0 Å². The van der Waals surface area contributed by atoms with Crippen molar-refractivity contribution in [3.63, 3.8) is 0 Å². The molecule has 2 heteroatoms. The summed E-state index contributed by atoms with van der Waals surface area (Å²) < 4.78 is 0. The Morgan fingerprint density at radius 1 is 1.42 bits per heavy atom. The SMILES string of the molecule is C=C[C-](C)CCC=C(C)C.[Ba+2].[Cl-]. The maximum Gasteiger partial charge on any atom is 2.00 e. The maximum atomic E-state index is 3.70. The summed E-state index contributed by atoms with van der Waals surface area (Å²) in [5, 5.41) is 0. The molecule has 0 spiro atoms. The van der Waals surface area contributed by atoms with Gasteiger partial charge >= 0.3 is 48.9 Å². The summed E-state index contributed by atoms with van der Waals surface area (Å²) in [7, 11) is 0. The molecule has 0 saturated heterocycles. The van der Waals surface area contributed by atoms with Crippen LogP contribution >= 0.6 is 0 Å². The van der Waals surface area contributed by atoms with Gasteiger partial charge in [-0.3, -0.25) is 0 Å². The zero-order chi connectivity index (χ0) is 7.98. The van der Waals surface area contributed by atoms with Crippen molar-refractivity contribution in [2.45, 2.75) is 33.6 Å². The molecule has 0 heterocycles. The fourth-order valence-corrected chi connectivity index (χ4v) is 0.691. The van der Waals surface area contributed by atoms with Crippen LogP contribution in [0.15, 0.2) is 24.3 Å². The minimum atomic E-state index is 0. The van der Waals surface area contributed by atoms with Crippen LogP contribution in [0.1, 0.15) is 33.6 Å². The van der Waals surface area contributed by atoms with Crippen LogP contribution in [-0.2, 0) is 0 Å². The molecular formula is C10H17BaCl. The third kappa shape index (κ3) is 13.8. The van der Waals surface area contributed by atoms with E-state index in [1.807, 2.05) is 6.08 Å². The Bertz CT molecular complexity index is 126. The molecule has 12 heavy (non-hydrogen) atoms. The van der Waals surface area contributed by atoms with Crippen molar-refractivity contribution in [2.75, 3.05) is 0 Å². The van der Waals surface area contributed by atoms with Crippen molar-refractivity contribution in [1.29, 1.82) is 0 Å². The number of rotatable bonds is 4. The van der Waals surface area contributed by atoms with E-state index in [9.17, 15) is 0 Å². The fourth-order valence-electron chi connectivity index (χ4n) is 0.691. The monoisotopic (exact) mass is 310 g/mol. The summed E-state index contributed by atoms with van der Waals surface area (Å²) in [5.74, 6) is 1.37. The maximum absolute atomic E-state index is 3.70. The second-order valence-corrected chi connectivity index (χ2v) is 2.87. The Morgan fingerprint density at radius 3 is 2.25 bits per heavy atom. The molecule has 0 bridgehead atoms. The molecule has 0 aliphatic carbocycles. The quantitative estimate of drug-likeness (QED) is 0.394. The fraction of sp³-hybridized carbons (Fsp3) is 0.500. The van der Waals surface area contributed by atoms with Crippen LogP contribution in [0, 0.1) is 5.92 Å². The number of hydrogen-bond donors (Lipinski definition) is 0. The summed E-state index contributed by atoms with van der Waals surface area (Å²) in [6, 6.07) is 0. The molecule has 66 valence electrons. The van der Waals surface area contributed by atoms with Crippen LogP contribution in [0.3, 0.4) is 0 Å². The molecule has 0 aliphatic rings. The van der Waals surface area contributed by atoms with E-state index in [-0.39, 0.29) is 61.3 Å². The first kappa shape index (κ1) is 18.9. The Morgan fingerprint density at radius 2 is 1.92 bits per heavy atom. The van der Waals surface area contributed by atoms with Gasteiger partial charge in [-0.05, 0) is 20.3 Å². The number of hydrogen-bond acceptors (Lipinski definition) is 0. The largest absolute Gasteiger partial charge is 2.00 e. The van der Waals surface area contributed by atoms with Gasteiger partial charge in [0.25, 0.3) is 0 Å². The number of allylic oxidation sites excluding steroid dienone is 3. The summed E-state index contributed by atoms with van der Waals surface area (Å²) in [6.45, 7) is 10.1. The zero-order valence-electron chi connectivity index (χ0n) is 8.36. The molecule has 0 radical (unpaired) electrons. The van der Waals surface area contributed by atoms with Gasteiger partial charge in [-0.2, -0.15) is 0 Å². The van der Waals surface area contributed by atoms with Gasteiger partial charge in [0, 0.05) is 0 Å². The predicted octanol–water partition coefficient (Wildman–Crippen LogP) is 0.136. The van der Waals surface area contributed by atoms with Crippen molar-refractivity contribution in [3.8, 4) is 0 Å². The summed E-state index contributed by atoms with van der Waals surface area (Å²) in [4.78, 5) is 0. The van der Waals surface area contributed by atoms with Crippen LogP contribution in [0.5, 0.6) is 0 Å². The zero-order valence-corrected chi connectivity index (χ0v) is 13.6. The molecule has 0 amide bonds. The molecule has 0 unspecified atom stereocenters. The summed E-state index contributed by atoms with van der Waals surface area (Å²) >= 11 is 0. The topological polar surface area (TPSA) is 0 Å². The standard InChI is InChI=1S/C10H17.Ba.ClH/c1-5-10(4)8-6-7-9(2)3;;/h5,7H,1,6,8H2,2-4H3;;1H/q-1;+2;/p-1. The Hall–Kier alpha value is 1.21. The van der Waals surface area contributed by atoms with Gasteiger partial charge in [0.05, 0.1) is 0 Å². The van der Waals surface area contributed by atoms with Crippen molar-refractivity contribution < 1.29 is 12.4 Å². The van der Waals surface area contributed by atoms with E-state index in [1.165, 1.54) is 11.5 Å². The van der Waals surface area contributed by atoms with Crippen molar-refractivity contribution in [3.05, 3.63) is 30.2 Å². The molecular weight excluding hydrogens is 293 g/mol. The van der Waals surface area contributed by atoms with Crippen LogP contribution in [0.25, 0.3) is 0 Å². The molecule has 0 aromatic carbocycles. The second-order valence-electron chi connectivity index (χ2n) is 2.87. The molecule has 0 nitrogen and oxygen atoms in total. The van der Waals surface area contributed by atoms with Gasteiger partial charge in [0.15, 0.2) is 0 Å². The minimum absolute atomic E-state index is 0. The first-order valence-electron chi connectivity index (χ1n) is 3.75. The van der Waals surface area contributed by atoms with E-state index in [0.29, 0.717) is 0 Å². The van der Waals surface area contributed by atoms with Gasteiger partial charge < -0.3 is 12.4 Å². The van der Waals surface area contributed by atoms with Crippen LogP contribution in [0.4, 0.5) is 0 Å². The van der Waals surface area contributed by atoms with E-state index in [4.69, 9.17) is 0 Å². The average molecular weight is 310 g/mol. The molecule has 0 atom stereocenters. The molecule has 0 fully saturated rings. The molecule has 0 rings (SSSR count). The Balaban J connectivity index is -0.000000405. The first-order valence-corrected chi connectivity index (χ1v) is 3.75. The van der Waals surface area contributed by atoms with Crippen molar-refractivity contribution in [2.24, 2.45) is 0 Å². The van der Waals surface area contributed by atoms with E-state index in [1.54, 1.807) is 0 Å². The average Bonchev–Trinajstić information content (AvgIpc) is 1.87. The third-order valence-corrected chi connectivity index (χ3v) is 1.44. The van der Waals surface area contributed by atoms with Crippen LogP contribution in [-0.4, -0.2) is 48.9 Å². The molecule has 0 aromatic heterocycles. The van der Waals surface area contributed by atoms with Gasteiger partial charge in [-0.15, -0.1) is 6.92 Å². The van der Waals surface area contributed by atoms with Crippen molar-refractivity contribution in [1.82, 2.24) is 0 Å². The normalized spacial score (nSPS) is 7.25. The predicted molar refractivity (Wildman–Crippen MR) is 53.5 cm³/mol. The minimum Gasteiger partial charge on any atom is -1.00 e. The van der Waals surface area contributed by atoms with Crippen LogP contribution < -0.4 is 12.4 Å². The van der Waals surface area contributed by atoms with E-state index in [2.05, 4.69) is 33.4 Å². The number of halogens is 1. The van der Waals surface area contributed by atoms with Crippen molar-refractivity contribution >= 4 is 48.9 Å². The Kier molecular flexibility index (Phi) is 19.2. The van der Waals surface area contributed by atoms with E-state index < -0.39 is 0 Å². The van der Waals surface area contributed by atoms with Crippen LogP contribution in [0.2, 0.25) is 0 Å². The third-order valence-electron chi connectivity index (χ3n) is 1.44. The van der Waals surface area contributed by atoms with Gasteiger partial charge in [-0.1, -0.05) is 18.1 Å². The second kappa shape index (κ2) is 12.2. The molecule has 0 aromatic rings. The van der Waals surface area contributed by atoms with E-state index in [0.717, 1.165) is 12.8 Å². The Labute approximate surface area is 123 Å². The molecule has 0 N–H and O–H groups in total. The summed E-state index contributed by atoms with van der Waals surface area (Å²) in [5.41, 5.74) is 1.40. The molecule has 0 aliphatic heterocycles.